The summed E-state index contributed by atoms with van der Waals surface area (Å²) in [4.78, 5) is 29.9. The van der Waals surface area contributed by atoms with E-state index in [1.165, 1.54) is 0 Å². The van der Waals surface area contributed by atoms with Crippen molar-refractivity contribution in [2.24, 2.45) is 0 Å². The molecule has 7 heteroatoms. The van der Waals surface area contributed by atoms with Gasteiger partial charge in [0.2, 0.25) is 5.91 Å². The molecule has 3 rings (SSSR count). The number of aromatic nitrogens is 1. The van der Waals surface area contributed by atoms with Crippen LogP contribution in [0.1, 0.15) is 27.2 Å². The second-order valence-electron chi connectivity index (χ2n) is 5.49. The van der Waals surface area contributed by atoms with E-state index in [1.54, 1.807) is 28.7 Å². The number of halogens is 1. The lowest BCUT2D eigenvalue weighted by Crippen LogP contribution is -2.37. The maximum atomic E-state index is 12.4. The molecule has 0 bridgehead atoms. The van der Waals surface area contributed by atoms with Crippen molar-refractivity contribution in [3.05, 3.63) is 65.0 Å². The maximum Gasteiger partial charge on any atom is 0.274 e. The molecule has 2 amide bonds. The van der Waals surface area contributed by atoms with Crippen molar-refractivity contribution < 1.29 is 14.8 Å². The number of fused-ring (bicyclic) bond motifs is 1. The fourth-order valence-electron chi connectivity index (χ4n) is 2.75. The first-order chi connectivity index (χ1) is 11.2. The predicted molar refractivity (Wildman–Crippen MR) is 90.0 cm³/mol. The van der Waals surface area contributed by atoms with Crippen molar-refractivity contribution in [1.29, 1.82) is 0 Å². The fraction of sp³-hybridized carbons (Fsp3) is 0.235. The van der Waals surface area contributed by atoms with Crippen LogP contribution in [-0.4, -0.2) is 33.5 Å². The SMILES string of the molecule is Cl.O=C(NO)c1ccc2c(c1)CN(C(=O)Cc1ccccn1)CC2. The minimum atomic E-state index is -0.551. The number of hydrogen-bond donors (Lipinski definition) is 2. The summed E-state index contributed by atoms with van der Waals surface area (Å²) < 4.78 is 0. The zero-order chi connectivity index (χ0) is 16.2. The van der Waals surface area contributed by atoms with Crippen molar-refractivity contribution in [3.8, 4) is 0 Å². The van der Waals surface area contributed by atoms with Gasteiger partial charge in [-0.25, -0.2) is 5.48 Å². The third-order valence-electron chi connectivity index (χ3n) is 3.99. The number of hydroxylamine groups is 1. The third kappa shape index (κ3) is 3.90. The molecule has 24 heavy (non-hydrogen) atoms. The predicted octanol–water partition coefficient (Wildman–Crippen LogP) is 1.75. The highest BCUT2D eigenvalue weighted by Crippen LogP contribution is 2.21. The van der Waals surface area contributed by atoms with Crippen LogP contribution in [0.15, 0.2) is 42.6 Å². The van der Waals surface area contributed by atoms with Gasteiger partial charge in [-0.05, 0) is 41.8 Å². The molecule has 0 unspecified atom stereocenters. The first-order valence-corrected chi connectivity index (χ1v) is 7.41. The van der Waals surface area contributed by atoms with Crippen LogP contribution in [0, 0.1) is 0 Å². The number of carbonyl (C=O) groups excluding carboxylic acids is 2. The molecule has 2 N–H and O–H groups in total. The van der Waals surface area contributed by atoms with E-state index in [0.29, 0.717) is 18.7 Å². The fourth-order valence-corrected chi connectivity index (χ4v) is 2.75. The molecule has 2 aromatic rings. The Morgan fingerprint density at radius 2 is 2.04 bits per heavy atom. The molecule has 1 aromatic heterocycles. The van der Waals surface area contributed by atoms with Crippen LogP contribution in [-0.2, 0) is 24.2 Å². The molecule has 0 saturated carbocycles. The van der Waals surface area contributed by atoms with Gasteiger partial charge < -0.3 is 4.90 Å². The molecular weight excluding hydrogens is 330 g/mol. The van der Waals surface area contributed by atoms with Crippen LogP contribution in [0.3, 0.4) is 0 Å². The van der Waals surface area contributed by atoms with Crippen LogP contribution < -0.4 is 5.48 Å². The van der Waals surface area contributed by atoms with Gasteiger partial charge in [0.15, 0.2) is 0 Å². The van der Waals surface area contributed by atoms with E-state index in [9.17, 15) is 9.59 Å². The van der Waals surface area contributed by atoms with E-state index in [1.807, 2.05) is 24.3 Å². The Labute approximate surface area is 145 Å². The van der Waals surface area contributed by atoms with Gasteiger partial charge in [0.25, 0.3) is 5.91 Å². The zero-order valence-electron chi connectivity index (χ0n) is 12.9. The minimum absolute atomic E-state index is 0. The van der Waals surface area contributed by atoms with E-state index in [-0.39, 0.29) is 24.7 Å². The highest BCUT2D eigenvalue weighted by atomic mass is 35.5. The van der Waals surface area contributed by atoms with Gasteiger partial charge >= 0.3 is 0 Å². The average Bonchev–Trinajstić information content (AvgIpc) is 2.60. The smallest absolute Gasteiger partial charge is 0.274 e. The molecule has 1 aromatic carbocycles. The number of nitrogens with zero attached hydrogens (tertiary/aromatic N) is 2. The van der Waals surface area contributed by atoms with Gasteiger partial charge in [-0.1, -0.05) is 12.1 Å². The molecule has 0 atom stereocenters. The molecule has 0 spiro atoms. The van der Waals surface area contributed by atoms with Crippen molar-refractivity contribution in [2.45, 2.75) is 19.4 Å². The van der Waals surface area contributed by atoms with Crippen LogP contribution in [0.25, 0.3) is 0 Å². The summed E-state index contributed by atoms with van der Waals surface area (Å²) in [6.45, 7) is 1.12. The van der Waals surface area contributed by atoms with Crippen molar-refractivity contribution in [1.82, 2.24) is 15.4 Å². The Balaban J connectivity index is 0.00000208. The summed E-state index contributed by atoms with van der Waals surface area (Å²) in [6, 6.07) is 10.8. The number of benzene rings is 1. The van der Waals surface area contributed by atoms with E-state index in [0.717, 1.165) is 23.2 Å². The highest BCUT2D eigenvalue weighted by molar-refractivity contribution is 5.93. The zero-order valence-corrected chi connectivity index (χ0v) is 13.8. The van der Waals surface area contributed by atoms with Crippen molar-refractivity contribution >= 4 is 24.2 Å². The average molecular weight is 348 g/mol. The molecule has 1 aliphatic rings. The molecule has 6 nitrogen and oxygen atoms in total. The number of rotatable bonds is 3. The molecule has 126 valence electrons. The van der Waals surface area contributed by atoms with Gasteiger partial charge in [0, 0.05) is 30.5 Å². The van der Waals surface area contributed by atoms with Gasteiger partial charge in [-0.3, -0.25) is 19.8 Å². The Bertz CT molecular complexity index is 737. The highest BCUT2D eigenvalue weighted by Gasteiger charge is 2.22. The van der Waals surface area contributed by atoms with Crippen LogP contribution in [0.5, 0.6) is 0 Å². The normalized spacial score (nSPS) is 12.8. The summed E-state index contributed by atoms with van der Waals surface area (Å²) in [6.07, 6.45) is 2.70. The second kappa shape index (κ2) is 7.90. The first-order valence-electron chi connectivity index (χ1n) is 7.41. The molecular formula is C17H18ClN3O3. The van der Waals surface area contributed by atoms with Gasteiger partial charge in [0.05, 0.1) is 6.42 Å². The second-order valence-corrected chi connectivity index (χ2v) is 5.49. The van der Waals surface area contributed by atoms with Gasteiger partial charge in [-0.2, -0.15) is 0 Å². The number of nitrogens with one attached hydrogen (secondary N) is 1. The van der Waals surface area contributed by atoms with Crippen LogP contribution in [0.2, 0.25) is 0 Å². The number of carbonyl (C=O) groups is 2. The van der Waals surface area contributed by atoms with Crippen LogP contribution >= 0.6 is 12.4 Å². The molecule has 1 aliphatic heterocycles. The van der Waals surface area contributed by atoms with Gasteiger partial charge in [0.1, 0.15) is 0 Å². The van der Waals surface area contributed by atoms with E-state index >= 15 is 0 Å². The van der Waals surface area contributed by atoms with Crippen molar-refractivity contribution in [2.75, 3.05) is 6.54 Å². The maximum absolute atomic E-state index is 12.4. The van der Waals surface area contributed by atoms with E-state index in [2.05, 4.69) is 4.98 Å². The quantitative estimate of drug-likeness (QED) is 0.654. The van der Waals surface area contributed by atoms with Crippen LogP contribution in [0.4, 0.5) is 0 Å². The number of amides is 2. The number of hydrogen-bond acceptors (Lipinski definition) is 4. The Hall–Kier alpha value is -2.44. The Kier molecular flexibility index (Phi) is 5.89. The van der Waals surface area contributed by atoms with Gasteiger partial charge in [-0.15, -0.1) is 12.4 Å². The summed E-state index contributed by atoms with van der Waals surface area (Å²) in [5, 5.41) is 8.73. The lowest BCUT2D eigenvalue weighted by Gasteiger charge is -2.29. The van der Waals surface area contributed by atoms with E-state index < -0.39 is 5.91 Å². The summed E-state index contributed by atoms with van der Waals surface area (Å²) in [5.74, 6) is -0.531. The lowest BCUT2D eigenvalue weighted by molar-refractivity contribution is -0.131. The largest absolute Gasteiger partial charge is 0.338 e. The Morgan fingerprint density at radius 1 is 1.21 bits per heavy atom. The first kappa shape index (κ1) is 17.9. The lowest BCUT2D eigenvalue weighted by atomic mass is 9.97. The molecule has 0 radical (unpaired) electrons. The molecule has 0 fully saturated rings. The summed E-state index contributed by atoms with van der Waals surface area (Å²) in [7, 11) is 0. The topological polar surface area (TPSA) is 82.5 Å². The van der Waals surface area contributed by atoms with E-state index in [4.69, 9.17) is 5.21 Å². The minimum Gasteiger partial charge on any atom is -0.338 e. The molecule has 0 aliphatic carbocycles. The summed E-state index contributed by atoms with van der Waals surface area (Å²) in [5.41, 5.74) is 4.82. The van der Waals surface area contributed by atoms with Crippen molar-refractivity contribution in [3.63, 3.8) is 0 Å². The molecule has 0 saturated heterocycles. The third-order valence-corrected chi connectivity index (χ3v) is 3.99. The monoisotopic (exact) mass is 347 g/mol. The number of pyridine rings is 1. The summed E-state index contributed by atoms with van der Waals surface area (Å²) >= 11 is 0. The molecule has 2 heterocycles. The standard InChI is InChI=1S/C17H17N3O3.ClH/c21-16(10-15-3-1-2-7-18-15)20-8-6-12-4-5-13(17(22)19-23)9-14(12)11-20;/h1-5,7,9,23H,6,8,10-11H2,(H,19,22);1H. The Morgan fingerprint density at radius 3 is 2.75 bits per heavy atom.